The second-order valence-corrected chi connectivity index (χ2v) is 8.81. The summed E-state index contributed by atoms with van der Waals surface area (Å²) >= 11 is 0. The van der Waals surface area contributed by atoms with Crippen LogP contribution in [-0.4, -0.2) is 52.6 Å². The average Bonchev–Trinajstić information content (AvgIpc) is 2.97. The van der Waals surface area contributed by atoms with E-state index in [1.807, 2.05) is 0 Å². The van der Waals surface area contributed by atoms with Crippen LogP contribution in [0.3, 0.4) is 0 Å². The molecule has 1 saturated carbocycles. The van der Waals surface area contributed by atoms with Crippen molar-refractivity contribution in [2.24, 2.45) is 17.8 Å². The summed E-state index contributed by atoms with van der Waals surface area (Å²) in [5, 5.41) is 22.6. The number of nitrogens with zero attached hydrogens (tertiary/aromatic N) is 2. The number of fused-ring (bicyclic) bond motifs is 2. The van der Waals surface area contributed by atoms with Gasteiger partial charge in [0, 0.05) is 42.1 Å². The molecule has 6 aliphatic rings. The standard InChI is InChI=1S/C20H26N2O2/c1-3-10-11-8-14-17-20(12-6-4-5-7-13(12)21(17)2)9-15(16(11)18(20)23)22(14)19(10)24/h4-7,10-11,14-19,23-24H,3,8-9H2,1-2H3/t10-,11+,14?,15+,16?,17?,18?,19+,20?/m1/s1. The van der Waals surface area contributed by atoms with E-state index >= 15 is 0 Å². The lowest BCUT2D eigenvalue weighted by Crippen LogP contribution is -2.72. The van der Waals surface area contributed by atoms with Gasteiger partial charge in [0.1, 0.15) is 6.23 Å². The molecule has 5 bridgehead atoms. The van der Waals surface area contributed by atoms with E-state index in [1.54, 1.807) is 0 Å². The van der Waals surface area contributed by atoms with Crippen LogP contribution in [0.5, 0.6) is 0 Å². The zero-order chi connectivity index (χ0) is 16.4. The van der Waals surface area contributed by atoms with Gasteiger partial charge < -0.3 is 15.1 Å². The molecule has 6 unspecified atom stereocenters. The molecular weight excluding hydrogens is 300 g/mol. The molecular formula is C20H26N2O2. The number of likely N-dealkylation sites (N-methyl/N-ethyl adjacent to an activating group) is 1. The van der Waals surface area contributed by atoms with Crippen LogP contribution in [0.4, 0.5) is 5.69 Å². The van der Waals surface area contributed by atoms with E-state index in [9.17, 15) is 10.2 Å². The first-order valence-corrected chi connectivity index (χ1v) is 9.57. The van der Waals surface area contributed by atoms with Crippen LogP contribution >= 0.6 is 0 Å². The van der Waals surface area contributed by atoms with Crippen molar-refractivity contribution in [2.75, 3.05) is 11.9 Å². The third-order valence-corrected chi connectivity index (χ3v) is 8.46. The molecule has 1 aromatic rings. The lowest BCUT2D eigenvalue weighted by atomic mass is 9.62. The number of rotatable bonds is 1. The van der Waals surface area contributed by atoms with Crippen molar-refractivity contribution in [2.45, 2.75) is 62.1 Å². The molecule has 4 heteroatoms. The minimum Gasteiger partial charge on any atom is -0.392 e. The fraction of sp³-hybridized carbons (Fsp3) is 0.700. The monoisotopic (exact) mass is 326 g/mol. The van der Waals surface area contributed by atoms with Gasteiger partial charge in [-0.2, -0.15) is 0 Å². The number of piperidine rings is 4. The lowest BCUT2D eigenvalue weighted by molar-refractivity contribution is -0.211. The summed E-state index contributed by atoms with van der Waals surface area (Å²) in [6.45, 7) is 2.19. The Morgan fingerprint density at radius 1 is 1.21 bits per heavy atom. The van der Waals surface area contributed by atoms with Crippen LogP contribution in [0, 0.1) is 17.8 Å². The summed E-state index contributed by atoms with van der Waals surface area (Å²) in [6, 6.07) is 9.70. The number of aliphatic hydroxyl groups excluding tert-OH is 2. The summed E-state index contributed by atoms with van der Waals surface area (Å²) in [5.74, 6) is 1.14. The summed E-state index contributed by atoms with van der Waals surface area (Å²) < 4.78 is 0. The van der Waals surface area contributed by atoms with Gasteiger partial charge in [-0.25, -0.2) is 0 Å². The predicted octanol–water partition coefficient (Wildman–Crippen LogP) is 1.55. The van der Waals surface area contributed by atoms with Crippen LogP contribution < -0.4 is 4.90 Å². The summed E-state index contributed by atoms with van der Waals surface area (Å²) in [5.41, 5.74) is 2.51. The molecule has 5 aliphatic heterocycles. The maximum atomic E-state index is 11.6. The van der Waals surface area contributed by atoms with Crippen LogP contribution in [0.25, 0.3) is 0 Å². The first-order chi connectivity index (χ1) is 11.6. The molecule has 0 amide bonds. The van der Waals surface area contributed by atoms with E-state index in [2.05, 4.69) is 48.0 Å². The molecule has 7 rings (SSSR count). The fourth-order valence-electron chi connectivity index (χ4n) is 7.88. The Morgan fingerprint density at radius 3 is 2.79 bits per heavy atom. The minimum atomic E-state index is -0.319. The molecule has 0 radical (unpaired) electrons. The Kier molecular flexibility index (Phi) is 2.45. The predicted molar refractivity (Wildman–Crippen MR) is 91.7 cm³/mol. The fourth-order valence-corrected chi connectivity index (χ4v) is 7.88. The number of hydrogen-bond donors (Lipinski definition) is 2. The van der Waals surface area contributed by atoms with E-state index in [0.717, 1.165) is 19.3 Å². The highest BCUT2D eigenvalue weighted by Crippen LogP contribution is 2.68. The molecule has 4 nitrogen and oxygen atoms in total. The number of hydrogen-bond acceptors (Lipinski definition) is 4. The molecule has 4 saturated heterocycles. The molecule has 5 heterocycles. The smallest absolute Gasteiger partial charge is 0.111 e. The van der Waals surface area contributed by atoms with Crippen molar-refractivity contribution in [3.63, 3.8) is 0 Å². The number of para-hydroxylation sites is 1. The maximum Gasteiger partial charge on any atom is 0.111 e. The van der Waals surface area contributed by atoms with Crippen molar-refractivity contribution in [1.29, 1.82) is 0 Å². The molecule has 2 N–H and O–H groups in total. The Hall–Kier alpha value is -1.10. The molecule has 24 heavy (non-hydrogen) atoms. The number of anilines is 1. The Balaban J connectivity index is 1.60. The second kappa shape index (κ2) is 4.17. The Bertz CT molecular complexity index is 723. The van der Waals surface area contributed by atoms with E-state index in [1.165, 1.54) is 11.3 Å². The summed E-state index contributed by atoms with van der Waals surface area (Å²) in [7, 11) is 2.19. The maximum absolute atomic E-state index is 11.6. The normalized spacial score (nSPS) is 55.8. The number of aliphatic hydroxyl groups is 2. The van der Waals surface area contributed by atoms with Gasteiger partial charge >= 0.3 is 0 Å². The van der Waals surface area contributed by atoms with Crippen LogP contribution in [0.15, 0.2) is 24.3 Å². The van der Waals surface area contributed by atoms with Crippen LogP contribution in [0.2, 0.25) is 0 Å². The van der Waals surface area contributed by atoms with Gasteiger partial charge in [0.05, 0.1) is 12.1 Å². The van der Waals surface area contributed by atoms with Gasteiger partial charge in [-0.1, -0.05) is 25.1 Å². The first kappa shape index (κ1) is 14.1. The van der Waals surface area contributed by atoms with Gasteiger partial charge in [-0.3, -0.25) is 4.90 Å². The highest BCUT2D eigenvalue weighted by atomic mass is 16.3. The van der Waals surface area contributed by atoms with Crippen molar-refractivity contribution in [3.8, 4) is 0 Å². The molecule has 10 atom stereocenters. The highest BCUT2D eigenvalue weighted by molar-refractivity contribution is 5.67. The molecule has 1 aromatic carbocycles. The van der Waals surface area contributed by atoms with Crippen LogP contribution in [-0.2, 0) is 5.41 Å². The molecule has 1 spiro atoms. The third-order valence-electron chi connectivity index (χ3n) is 8.46. The van der Waals surface area contributed by atoms with E-state index in [-0.39, 0.29) is 17.7 Å². The van der Waals surface area contributed by atoms with Crippen LogP contribution in [0.1, 0.15) is 31.7 Å². The van der Waals surface area contributed by atoms with Crippen molar-refractivity contribution in [1.82, 2.24) is 4.90 Å². The van der Waals surface area contributed by atoms with E-state index < -0.39 is 0 Å². The van der Waals surface area contributed by atoms with Gasteiger partial charge in [-0.05, 0) is 36.8 Å². The first-order valence-electron chi connectivity index (χ1n) is 9.57. The quantitative estimate of drug-likeness (QED) is 0.822. The largest absolute Gasteiger partial charge is 0.392 e. The third kappa shape index (κ3) is 1.20. The highest BCUT2D eigenvalue weighted by Gasteiger charge is 2.76. The average molecular weight is 326 g/mol. The zero-order valence-corrected chi connectivity index (χ0v) is 14.3. The lowest BCUT2D eigenvalue weighted by Gasteiger charge is -2.62. The van der Waals surface area contributed by atoms with Crippen molar-refractivity contribution in [3.05, 3.63) is 29.8 Å². The Morgan fingerprint density at radius 2 is 2.00 bits per heavy atom. The topological polar surface area (TPSA) is 46.9 Å². The number of benzene rings is 1. The summed E-state index contributed by atoms with van der Waals surface area (Å²) in [4.78, 5) is 4.83. The van der Waals surface area contributed by atoms with E-state index in [4.69, 9.17) is 0 Å². The SMILES string of the molecule is CC[C@@H]1[C@@H]2CC3C4N(C)c5ccccc5C45C[C@@H](C2C5O)N3[C@H]1O. The molecule has 0 aromatic heterocycles. The minimum absolute atomic E-state index is 0.126. The van der Waals surface area contributed by atoms with Gasteiger partial charge in [0.15, 0.2) is 0 Å². The molecule has 128 valence electrons. The van der Waals surface area contributed by atoms with Gasteiger partial charge in [-0.15, -0.1) is 0 Å². The summed E-state index contributed by atoms with van der Waals surface area (Å²) in [6.07, 6.45) is 2.56. The van der Waals surface area contributed by atoms with Gasteiger partial charge in [0.25, 0.3) is 0 Å². The molecule has 1 aliphatic carbocycles. The van der Waals surface area contributed by atoms with Gasteiger partial charge in [0.2, 0.25) is 0 Å². The Labute approximate surface area is 143 Å². The zero-order valence-electron chi connectivity index (χ0n) is 14.3. The van der Waals surface area contributed by atoms with Crippen molar-refractivity contribution < 1.29 is 10.2 Å². The molecule has 5 fully saturated rings. The van der Waals surface area contributed by atoms with E-state index in [0.29, 0.717) is 35.9 Å². The second-order valence-electron chi connectivity index (χ2n) is 8.81. The van der Waals surface area contributed by atoms with Crippen molar-refractivity contribution >= 4 is 5.69 Å².